The fraction of sp³-hybridized carbons (Fsp3) is 0.0909. The smallest absolute Gasteiger partial charge is 0.221 e. The molecule has 0 fully saturated rings. The van der Waals surface area contributed by atoms with Gasteiger partial charge in [0.2, 0.25) is 5.91 Å². The van der Waals surface area contributed by atoms with Crippen molar-refractivity contribution in [3.63, 3.8) is 0 Å². The Balaban J connectivity index is 2.43. The molecule has 0 saturated carbocycles. The van der Waals surface area contributed by atoms with E-state index in [1.54, 1.807) is 6.21 Å². The second-order valence-electron chi connectivity index (χ2n) is 3.18. The lowest BCUT2D eigenvalue weighted by Gasteiger charge is -2.07. The second kappa shape index (κ2) is 4.31. The van der Waals surface area contributed by atoms with Crippen LogP contribution in [0.3, 0.4) is 0 Å². The number of nitrogens with zero attached hydrogens (tertiary/aromatic N) is 1. The number of hydrogen-bond acceptors (Lipinski definition) is 3. The molecule has 2 N–H and O–H groups in total. The molecule has 1 aliphatic heterocycles. The van der Waals surface area contributed by atoms with Crippen LogP contribution in [0.5, 0.6) is 0 Å². The lowest BCUT2D eigenvalue weighted by Crippen LogP contribution is -2.11. The zero-order chi connectivity index (χ0) is 10.7. The number of rotatable bonds is 2. The first-order chi connectivity index (χ1) is 7.27. The van der Waals surface area contributed by atoms with E-state index in [9.17, 15) is 4.79 Å². The van der Waals surface area contributed by atoms with Crippen LogP contribution in [0.2, 0.25) is 0 Å². The van der Waals surface area contributed by atoms with Crippen molar-refractivity contribution >= 4 is 29.6 Å². The first-order valence-electron chi connectivity index (χ1n) is 4.54. The first-order valence-corrected chi connectivity index (χ1v) is 5.32. The first kappa shape index (κ1) is 9.98. The molecule has 15 heavy (non-hydrogen) atoms. The molecule has 2 rings (SSSR count). The average Bonchev–Trinajstić information content (AvgIpc) is 2.41. The molecule has 0 unspecified atom stereocenters. The Morgan fingerprint density at radius 3 is 3.00 bits per heavy atom. The summed E-state index contributed by atoms with van der Waals surface area (Å²) >= 11 is 1.41. The highest BCUT2D eigenvalue weighted by molar-refractivity contribution is 7.98. The van der Waals surface area contributed by atoms with E-state index in [1.165, 1.54) is 11.9 Å². The maximum Gasteiger partial charge on any atom is 0.221 e. The third-order valence-electron chi connectivity index (χ3n) is 2.09. The zero-order valence-electron chi connectivity index (χ0n) is 8.01. The fourth-order valence-electron chi connectivity index (χ4n) is 1.45. The lowest BCUT2D eigenvalue weighted by atomic mass is 10.0. The highest BCUT2D eigenvalue weighted by atomic mass is 32.2. The maximum atomic E-state index is 10.9. The van der Waals surface area contributed by atoms with E-state index in [0.29, 0.717) is 0 Å². The zero-order valence-corrected chi connectivity index (χ0v) is 8.83. The van der Waals surface area contributed by atoms with Gasteiger partial charge in [-0.05, 0) is 23.3 Å². The van der Waals surface area contributed by atoms with Crippen LogP contribution >= 0.6 is 11.9 Å². The van der Waals surface area contributed by atoms with Crippen molar-refractivity contribution in [3.05, 3.63) is 35.9 Å². The van der Waals surface area contributed by atoms with E-state index in [1.807, 2.05) is 30.3 Å². The molecule has 3 nitrogen and oxygen atoms in total. The Morgan fingerprint density at radius 1 is 1.40 bits per heavy atom. The number of carbonyl (C=O) groups excluding carboxylic acids is 1. The number of benzene rings is 1. The van der Waals surface area contributed by atoms with E-state index >= 15 is 0 Å². The van der Waals surface area contributed by atoms with Crippen LogP contribution in [-0.4, -0.2) is 12.1 Å². The summed E-state index contributed by atoms with van der Waals surface area (Å²) in [5.74, 6) is -0.323. The predicted molar refractivity (Wildman–Crippen MR) is 62.6 cm³/mol. The Kier molecular flexibility index (Phi) is 2.87. The minimum atomic E-state index is -0.323. The van der Waals surface area contributed by atoms with Crippen molar-refractivity contribution in [1.29, 1.82) is 0 Å². The summed E-state index contributed by atoms with van der Waals surface area (Å²) in [7, 11) is 0. The van der Waals surface area contributed by atoms with Gasteiger partial charge < -0.3 is 5.73 Å². The van der Waals surface area contributed by atoms with Crippen LogP contribution in [0.25, 0.3) is 5.57 Å². The SMILES string of the molecule is NC(=O)CC1=CC=NSc2ccccc21. The molecule has 0 spiro atoms. The number of amides is 1. The van der Waals surface area contributed by atoms with Crippen LogP contribution in [0.15, 0.2) is 39.6 Å². The van der Waals surface area contributed by atoms with Crippen molar-refractivity contribution in [2.75, 3.05) is 0 Å². The van der Waals surface area contributed by atoms with Crippen molar-refractivity contribution in [2.45, 2.75) is 11.3 Å². The second-order valence-corrected chi connectivity index (χ2v) is 4.01. The summed E-state index contributed by atoms with van der Waals surface area (Å²) in [4.78, 5) is 12.0. The molecule has 0 atom stereocenters. The number of primary amides is 1. The molecule has 1 amide bonds. The van der Waals surface area contributed by atoms with E-state index in [0.717, 1.165) is 16.0 Å². The van der Waals surface area contributed by atoms with Gasteiger partial charge in [-0.3, -0.25) is 4.79 Å². The quantitative estimate of drug-likeness (QED) is 0.772. The Labute approximate surface area is 92.2 Å². The molecule has 0 saturated heterocycles. The molecule has 1 aromatic rings. The summed E-state index contributed by atoms with van der Waals surface area (Å²) in [5, 5.41) is 0. The van der Waals surface area contributed by atoms with E-state index in [4.69, 9.17) is 5.73 Å². The van der Waals surface area contributed by atoms with Crippen LogP contribution in [0.4, 0.5) is 0 Å². The van der Waals surface area contributed by atoms with E-state index in [2.05, 4.69) is 4.40 Å². The number of carbonyl (C=O) groups is 1. The lowest BCUT2D eigenvalue weighted by molar-refractivity contribution is -0.117. The third kappa shape index (κ3) is 2.27. The van der Waals surface area contributed by atoms with Gasteiger partial charge >= 0.3 is 0 Å². The highest BCUT2D eigenvalue weighted by Crippen LogP contribution is 2.31. The van der Waals surface area contributed by atoms with Gasteiger partial charge in [-0.1, -0.05) is 18.2 Å². The van der Waals surface area contributed by atoms with Gasteiger partial charge in [0, 0.05) is 23.1 Å². The summed E-state index contributed by atoms with van der Waals surface area (Å²) < 4.78 is 4.13. The van der Waals surface area contributed by atoms with Crippen molar-refractivity contribution in [3.8, 4) is 0 Å². The highest BCUT2D eigenvalue weighted by Gasteiger charge is 2.11. The molecule has 1 aliphatic rings. The Morgan fingerprint density at radius 2 is 2.20 bits per heavy atom. The topological polar surface area (TPSA) is 55.5 Å². The number of fused-ring (bicyclic) bond motifs is 1. The summed E-state index contributed by atoms with van der Waals surface area (Å²) in [6.45, 7) is 0. The summed E-state index contributed by atoms with van der Waals surface area (Å²) in [6, 6.07) is 7.86. The van der Waals surface area contributed by atoms with Crippen molar-refractivity contribution in [1.82, 2.24) is 0 Å². The number of hydrogen-bond donors (Lipinski definition) is 1. The minimum absolute atomic E-state index is 0.254. The van der Waals surface area contributed by atoms with Crippen molar-refractivity contribution < 1.29 is 4.79 Å². The largest absolute Gasteiger partial charge is 0.369 e. The van der Waals surface area contributed by atoms with Crippen molar-refractivity contribution in [2.24, 2.45) is 10.1 Å². The molecule has 1 heterocycles. The van der Waals surface area contributed by atoms with E-state index < -0.39 is 0 Å². The van der Waals surface area contributed by atoms with Gasteiger partial charge in [0.15, 0.2) is 0 Å². The Hall–Kier alpha value is -1.55. The van der Waals surface area contributed by atoms with Gasteiger partial charge in [0.1, 0.15) is 0 Å². The molecule has 0 aromatic heterocycles. The van der Waals surface area contributed by atoms with E-state index in [-0.39, 0.29) is 12.3 Å². The average molecular weight is 218 g/mol. The molecule has 0 radical (unpaired) electrons. The van der Waals surface area contributed by atoms with Crippen LogP contribution in [0.1, 0.15) is 12.0 Å². The maximum absolute atomic E-state index is 10.9. The molecule has 0 bridgehead atoms. The van der Waals surface area contributed by atoms with Gasteiger partial charge in [0.05, 0.1) is 6.42 Å². The summed E-state index contributed by atoms with van der Waals surface area (Å²) in [5.41, 5.74) is 7.16. The Bertz CT molecular complexity index is 452. The molecule has 76 valence electrons. The van der Waals surface area contributed by atoms with Gasteiger partial charge in [0.25, 0.3) is 0 Å². The molecule has 4 heteroatoms. The molecular formula is C11H10N2OS. The molecule has 0 aliphatic carbocycles. The fourth-order valence-corrected chi connectivity index (χ4v) is 2.12. The van der Waals surface area contributed by atoms with Gasteiger partial charge in [-0.2, -0.15) is 0 Å². The third-order valence-corrected chi connectivity index (χ3v) is 2.87. The van der Waals surface area contributed by atoms with Gasteiger partial charge in [-0.25, -0.2) is 4.40 Å². The molecular weight excluding hydrogens is 208 g/mol. The summed E-state index contributed by atoms with van der Waals surface area (Å²) in [6.07, 6.45) is 3.79. The monoisotopic (exact) mass is 218 g/mol. The molecule has 1 aromatic carbocycles. The van der Waals surface area contributed by atoms with Crippen LogP contribution < -0.4 is 5.73 Å². The number of allylic oxidation sites excluding steroid dienone is 1. The number of nitrogens with two attached hydrogens (primary N) is 1. The predicted octanol–water partition coefficient (Wildman–Crippen LogP) is 2.04. The van der Waals surface area contributed by atoms with Gasteiger partial charge in [-0.15, -0.1) is 0 Å². The van der Waals surface area contributed by atoms with Crippen LogP contribution in [0, 0.1) is 0 Å². The minimum Gasteiger partial charge on any atom is -0.369 e. The normalized spacial score (nSPS) is 14.0. The standard InChI is InChI=1S/C11H10N2OS/c12-11(14)7-8-5-6-13-15-10-4-2-1-3-9(8)10/h1-6H,7H2,(H2,12,14). The van der Waals surface area contributed by atoms with Crippen LogP contribution in [-0.2, 0) is 4.79 Å².